The molecule has 0 saturated carbocycles. The van der Waals surface area contributed by atoms with Crippen molar-refractivity contribution >= 4 is 17.4 Å². The monoisotopic (exact) mass is 352 g/mol. The van der Waals surface area contributed by atoms with Gasteiger partial charge in [-0.15, -0.1) is 0 Å². The van der Waals surface area contributed by atoms with E-state index < -0.39 is 5.97 Å². The number of ether oxygens (including phenoxy) is 1. The summed E-state index contributed by atoms with van der Waals surface area (Å²) in [5, 5.41) is 8.94. The Bertz CT molecular complexity index is 958. The maximum atomic E-state index is 12.8. The van der Waals surface area contributed by atoms with E-state index in [4.69, 9.17) is 9.84 Å². The highest BCUT2D eigenvalue weighted by molar-refractivity contribution is 5.97. The molecule has 0 atom stereocenters. The Morgan fingerprint density at radius 2 is 1.92 bits per heavy atom. The van der Waals surface area contributed by atoms with Crippen LogP contribution in [0.1, 0.15) is 45.4 Å². The predicted molar refractivity (Wildman–Crippen MR) is 97.2 cm³/mol. The Balaban J connectivity index is 1.80. The number of carboxylic acids is 1. The van der Waals surface area contributed by atoms with Crippen LogP contribution in [-0.4, -0.2) is 32.9 Å². The Morgan fingerprint density at radius 1 is 1.19 bits per heavy atom. The molecule has 3 rings (SSSR count). The molecule has 0 radical (unpaired) electrons. The first-order valence-corrected chi connectivity index (χ1v) is 8.47. The number of hydrogen-bond acceptors (Lipinski definition) is 4. The molecule has 1 aromatic carbocycles. The molecule has 0 saturated heterocycles. The maximum absolute atomic E-state index is 12.8. The van der Waals surface area contributed by atoms with Crippen LogP contribution >= 0.6 is 0 Å². The highest BCUT2D eigenvalue weighted by Crippen LogP contribution is 2.23. The number of imidazole rings is 1. The van der Waals surface area contributed by atoms with E-state index in [0.29, 0.717) is 42.2 Å². The Hall–Kier alpha value is -3.15. The smallest absolute Gasteiger partial charge is 0.335 e. The van der Waals surface area contributed by atoms with Crippen molar-refractivity contribution in [3.63, 3.8) is 0 Å². The van der Waals surface area contributed by atoms with Crippen LogP contribution in [0, 0.1) is 6.92 Å². The molecule has 0 bridgehead atoms. The van der Waals surface area contributed by atoms with Gasteiger partial charge in [-0.1, -0.05) is 12.1 Å². The molecule has 1 N–H and O–H groups in total. The first-order chi connectivity index (χ1) is 12.5. The van der Waals surface area contributed by atoms with Crippen molar-refractivity contribution in [2.45, 2.75) is 26.7 Å². The SMILES string of the molecule is CCOc1cccn2c(C(=O)CCc3ccc(C(=O)O)cc3)c(C)nc12. The van der Waals surface area contributed by atoms with Gasteiger partial charge >= 0.3 is 5.97 Å². The second-order valence-corrected chi connectivity index (χ2v) is 5.97. The molecule has 0 unspecified atom stereocenters. The van der Waals surface area contributed by atoms with E-state index in [1.54, 1.807) is 28.7 Å². The molecule has 0 spiro atoms. The van der Waals surface area contributed by atoms with Crippen LogP contribution in [0.4, 0.5) is 0 Å². The number of aromatic nitrogens is 2. The van der Waals surface area contributed by atoms with E-state index in [1.165, 1.54) is 0 Å². The number of nitrogens with zero attached hydrogens (tertiary/aromatic N) is 2. The Morgan fingerprint density at radius 3 is 2.58 bits per heavy atom. The van der Waals surface area contributed by atoms with Crippen LogP contribution in [-0.2, 0) is 6.42 Å². The molecular weight excluding hydrogens is 332 g/mol. The number of aromatic carboxylic acids is 1. The van der Waals surface area contributed by atoms with Crippen LogP contribution < -0.4 is 4.74 Å². The first kappa shape index (κ1) is 17.7. The molecule has 0 amide bonds. The molecule has 0 aliphatic rings. The van der Waals surface area contributed by atoms with E-state index in [2.05, 4.69) is 4.98 Å². The van der Waals surface area contributed by atoms with Crippen molar-refractivity contribution in [1.29, 1.82) is 0 Å². The normalized spacial score (nSPS) is 10.8. The van der Waals surface area contributed by atoms with Crippen molar-refractivity contribution in [2.24, 2.45) is 0 Å². The van der Waals surface area contributed by atoms with Crippen molar-refractivity contribution in [1.82, 2.24) is 9.38 Å². The number of carboxylic acid groups (broad SMARTS) is 1. The fourth-order valence-corrected chi connectivity index (χ4v) is 2.95. The average molecular weight is 352 g/mol. The lowest BCUT2D eigenvalue weighted by Crippen LogP contribution is -2.07. The van der Waals surface area contributed by atoms with Gasteiger partial charge in [-0.3, -0.25) is 9.20 Å². The molecule has 0 aliphatic carbocycles. The van der Waals surface area contributed by atoms with Crippen molar-refractivity contribution in [2.75, 3.05) is 6.61 Å². The van der Waals surface area contributed by atoms with E-state index in [9.17, 15) is 9.59 Å². The lowest BCUT2D eigenvalue weighted by molar-refractivity contribution is 0.0696. The summed E-state index contributed by atoms with van der Waals surface area (Å²) in [5.74, 6) is -0.313. The molecule has 26 heavy (non-hydrogen) atoms. The molecule has 6 nitrogen and oxygen atoms in total. The van der Waals surface area contributed by atoms with Crippen molar-refractivity contribution in [3.8, 4) is 5.75 Å². The number of rotatable bonds is 7. The van der Waals surface area contributed by atoms with E-state index in [-0.39, 0.29) is 11.3 Å². The molecule has 6 heteroatoms. The number of aryl methyl sites for hydroxylation is 2. The average Bonchev–Trinajstić information content (AvgIpc) is 2.97. The van der Waals surface area contributed by atoms with Gasteiger partial charge in [-0.05, 0) is 50.1 Å². The van der Waals surface area contributed by atoms with Crippen molar-refractivity contribution < 1.29 is 19.4 Å². The molecule has 3 aromatic rings. The van der Waals surface area contributed by atoms with Gasteiger partial charge in [-0.2, -0.15) is 0 Å². The summed E-state index contributed by atoms with van der Waals surface area (Å²) in [6.45, 7) is 4.25. The molecule has 2 aromatic heterocycles. The van der Waals surface area contributed by atoms with Gasteiger partial charge in [0.15, 0.2) is 17.2 Å². The number of hydrogen-bond donors (Lipinski definition) is 1. The van der Waals surface area contributed by atoms with Crippen LogP contribution in [0.15, 0.2) is 42.6 Å². The predicted octanol–water partition coefficient (Wildman–Crippen LogP) is 3.56. The van der Waals surface area contributed by atoms with E-state index >= 15 is 0 Å². The third kappa shape index (κ3) is 3.44. The number of carbonyl (C=O) groups excluding carboxylic acids is 1. The molecule has 0 fully saturated rings. The molecular formula is C20H20N2O4. The third-order valence-corrected chi connectivity index (χ3v) is 4.19. The fraction of sp³-hybridized carbons (Fsp3) is 0.250. The molecule has 0 aliphatic heterocycles. The summed E-state index contributed by atoms with van der Waals surface area (Å²) in [6, 6.07) is 10.3. The molecule has 2 heterocycles. The van der Waals surface area contributed by atoms with Gasteiger partial charge < -0.3 is 9.84 Å². The van der Waals surface area contributed by atoms with E-state index in [1.807, 2.05) is 32.2 Å². The van der Waals surface area contributed by atoms with E-state index in [0.717, 1.165) is 5.56 Å². The summed E-state index contributed by atoms with van der Waals surface area (Å²) < 4.78 is 7.36. The number of pyridine rings is 1. The van der Waals surface area contributed by atoms with Gasteiger partial charge in [0.1, 0.15) is 5.69 Å². The van der Waals surface area contributed by atoms with Gasteiger partial charge in [0.05, 0.1) is 17.9 Å². The summed E-state index contributed by atoms with van der Waals surface area (Å²) in [5.41, 5.74) is 3.03. The maximum Gasteiger partial charge on any atom is 0.335 e. The third-order valence-electron chi connectivity index (χ3n) is 4.19. The highest BCUT2D eigenvalue weighted by Gasteiger charge is 2.18. The first-order valence-electron chi connectivity index (χ1n) is 8.47. The standard InChI is InChI=1S/C20H20N2O4/c1-3-26-17-5-4-12-22-18(13(2)21-19(17)22)16(23)11-8-14-6-9-15(10-7-14)20(24)25/h4-7,9-10,12H,3,8,11H2,1-2H3,(H,24,25). The minimum Gasteiger partial charge on any atom is -0.490 e. The lowest BCUT2D eigenvalue weighted by atomic mass is 10.0. The fourth-order valence-electron chi connectivity index (χ4n) is 2.95. The zero-order valence-electron chi connectivity index (χ0n) is 14.7. The van der Waals surface area contributed by atoms with Gasteiger partial charge in [-0.25, -0.2) is 9.78 Å². The second kappa shape index (κ2) is 7.39. The number of benzene rings is 1. The Kier molecular flexibility index (Phi) is 5.02. The van der Waals surface area contributed by atoms with Gasteiger partial charge in [0.25, 0.3) is 0 Å². The van der Waals surface area contributed by atoms with Crippen LogP contribution in [0.3, 0.4) is 0 Å². The van der Waals surface area contributed by atoms with Crippen LogP contribution in [0.5, 0.6) is 5.75 Å². The quantitative estimate of drug-likeness (QED) is 0.658. The lowest BCUT2D eigenvalue weighted by Gasteiger charge is -2.06. The summed E-state index contributed by atoms with van der Waals surface area (Å²) in [7, 11) is 0. The number of fused-ring (bicyclic) bond motifs is 1. The van der Waals surface area contributed by atoms with Gasteiger partial charge in [0, 0.05) is 12.6 Å². The van der Waals surface area contributed by atoms with Gasteiger partial charge in [0.2, 0.25) is 0 Å². The zero-order chi connectivity index (χ0) is 18.7. The highest BCUT2D eigenvalue weighted by atomic mass is 16.5. The largest absolute Gasteiger partial charge is 0.490 e. The summed E-state index contributed by atoms with van der Waals surface area (Å²) in [6.07, 6.45) is 2.67. The Labute approximate surface area is 151 Å². The van der Waals surface area contributed by atoms with Crippen LogP contribution in [0.2, 0.25) is 0 Å². The summed E-state index contributed by atoms with van der Waals surface area (Å²) in [4.78, 5) is 28.1. The summed E-state index contributed by atoms with van der Waals surface area (Å²) >= 11 is 0. The number of ketones is 1. The van der Waals surface area contributed by atoms with Crippen LogP contribution in [0.25, 0.3) is 5.65 Å². The minimum atomic E-state index is -0.959. The number of Topliss-reactive ketones (excluding diaryl/α,β-unsaturated/α-hetero) is 1. The topological polar surface area (TPSA) is 80.9 Å². The zero-order valence-corrected chi connectivity index (χ0v) is 14.7. The number of carbonyl (C=O) groups is 2. The minimum absolute atomic E-state index is 0.00837. The second-order valence-electron chi connectivity index (χ2n) is 5.97. The molecule has 134 valence electrons. The van der Waals surface area contributed by atoms with Crippen molar-refractivity contribution in [3.05, 3.63) is 65.1 Å².